The Kier molecular flexibility index (Phi) is 5.77. The van der Waals surface area contributed by atoms with Gasteiger partial charge in [0.25, 0.3) is 5.91 Å². The molecule has 5 heterocycles. The number of likely N-dealkylation sites (tertiary alicyclic amines) is 1. The zero-order chi connectivity index (χ0) is 26.4. The smallest absolute Gasteiger partial charge is 0.387 e. The molecule has 2 aliphatic rings. The minimum atomic E-state index is -3.11. The Morgan fingerprint density at radius 2 is 2.21 bits per heavy atom. The normalized spacial score (nSPS) is 16.9. The first-order valence-electron chi connectivity index (χ1n) is 11.8. The highest BCUT2D eigenvalue weighted by Crippen LogP contribution is 2.43. The summed E-state index contributed by atoms with van der Waals surface area (Å²) < 4.78 is 40.2. The van der Waals surface area contributed by atoms with Crippen LogP contribution in [0.25, 0.3) is 16.9 Å². The summed E-state index contributed by atoms with van der Waals surface area (Å²) in [5.74, 6) is -0.430. The molecule has 0 bridgehead atoms. The molecule has 1 unspecified atom stereocenters. The highest BCUT2D eigenvalue weighted by molar-refractivity contribution is 6.09. The van der Waals surface area contributed by atoms with Crippen LogP contribution in [0.3, 0.4) is 0 Å². The molecular weight excluding hydrogens is 502 g/mol. The Bertz CT molecular complexity index is 1550. The fourth-order valence-corrected chi connectivity index (χ4v) is 4.61. The first kappa shape index (κ1) is 23.6. The van der Waals surface area contributed by atoms with Gasteiger partial charge in [0, 0.05) is 38.6 Å². The molecule has 0 aliphatic carbocycles. The number of amides is 2. The van der Waals surface area contributed by atoms with E-state index in [-0.39, 0.29) is 34.2 Å². The first-order chi connectivity index (χ1) is 18.4. The number of carbonyl (C=O) groups is 2. The van der Waals surface area contributed by atoms with E-state index >= 15 is 0 Å². The molecule has 4 aromatic rings. The predicted octanol–water partition coefficient (Wildman–Crippen LogP) is 2.65. The molecule has 0 spiro atoms. The lowest BCUT2D eigenvalue weighted by Crippen LogP contribution is -2.24. The van der Waals surface area contributed by atoms with Gasteiger partial charge < -0.3 is 25.0 Å². The standard InChI is InChI=1S/C24H22F2N8O4/c1-32-7-3-17(23(32)36)34-12-16(30-22(35)14-11-29-33-6-2-4-28-21(14)33)20(31-34)13-9-19-15(27-5-8-37-19)10-18(13)38-24(25)26/h2,4,6,9-12,17,24,27H,3,5,7-8H2,1H3,(H,30,35). The summed E-state index contributed by atoms with van der Waals surface area (Å²) in [4.78, 5) is 31.8. The van der Waals surface area contributed by atoms with Crippen molar-refractivity contribution in [1.29, 1.82) is 0 Å². The van der Waals surface area contributed by atoms with Crippen LogP contribution in [0.1, 0.15) is 22.8 Å². The Labute approximate surface area is 214 Å². The minimum absolute atomic E-state index is 0.137. The number of rotatable bonds is 6. The summed E-state index contributed by atoms with van der Waals surface area (Å²) >= 11 is 0. The molecule has 1 saturated heterocycles. The molecule has 196 valence electrons. The largest absolute Gasteiger partial charge is 0.490 e. The Hall–Kier alpha value is -4.75. The third-order valence-electron chi connectivity index (χ3n) is 6.45. The van der Waals surface area contributed by atoms with Crippen LogP contribution in [-0.2, 0) is 4.79 Å². The Balaban J connectivity index is 1.46. The van der Waals surface area contributed by atoms with Gasteiger partial charge in [-0.1, -0.05) is 0 Å². The fourth-order valence-electron chi connectivity index (χ4n) is 4.61. The van der Waals surface area contributed by atoms with Gasteiger partial charge in [0.15, 0.2) is 5.65 Å². The van der Waals surface area contributed by atoms with E-state index in [1.165, 1.54) is 39.9 Å². The van der Waals surface area contributed by atoms with E-state index in [0.29, 0.717) is 43.2 Å². The molecule has 12 nitrogen and oxygen atoms in total. The Morgan fingerprint density at radius 3 is 3.00 bits per heavy atom. The average Bonchev–Trinajstić information content (AvgIpc) is 3.60. The summed E-state index contributed by atoms with van der Waals surface area (Å²) in [7, 11) is 1.69. The van der Waals surface area contributed by atoms with Crippen molar-refractivity contribution in [2.24, 2.45) is 0 Å². The number of aromatic nitrogens is 5. The van der Waals surface area contributed by atoms with Gasteiger partial charge in [-0.05, 0) is 18.6 Å². The van der Waals surface area contributed by atoms with Gasteiger partial charge in [0.05, 0.1) is 29.3 Å². The predicted molar refractivity (Wildman–Crippen MR) is 131 cm³/mol. The first-order valence-corrected chi connectivity index (χ1v) is 11.8. The number of nitrogens with zero attached hydrogens (tertiary/aromatic N) is 6. The second-order valence-corrected chi connectivity index (χ2v) is 8.83. The van der Waals surface area contributed by atoms with Gasteiger partial charge in [0.1, 0.15) is 35.4 Å². The zero-order valence-corrected chi connectivity index (χ0v) is 20.1. The Morgan fingerprint density at radius 1 is 1.34 bits per heavy atom. The number of fused-ring (bicyclic) bond motifs is 2. The molecule has 0 radical (unpaired) electrons. The summed E-state index contributed by atoms with van der Waals surface area (Å²) in [6.45, 7) is -1.69. The molecule has 1 aromatic carbocycles. The number of alkyl halides is 2. The number of ether oxygens (including phenoxy) is 2. The van der Waals surface area contributed by atoms with E-state index in [1.807, 2.05) is 0 Å². The number of nitrogens with one attached hydrogen (secondary N) is 2. The van der Waals surface area contributed by atoms with Crippen molar-refractivity contribution in [1.82, 2.24) is 29.3 Å². The zero-order valence-electron chi connectivity index (χ0n) is 20.1. The third-order valence-corrected chi connectivity index (χ3v) is 6.45. The highest BCUT2D eigenvalue weighted by atomic mass is 19.3. The van der Waals surface area contributed by atoms with Crippen molar-refractivity contribution < 1.29 is 27.8 Å². The fraction of sp³-hybridized carbons (Fsp3) is 0.292. The molecule has 1 atom stereocenters. The maximum Gasteiger partial charge on any atom is 0.387 e. The van der Waals surface area contributed by atoms with Gasteiger partial charge in [-0.25, -0.2) is 9.50 Å². The van der Waals surface area contributed by atoms with Gasteiger partial charge >= 0.3 is 6.61 Å². The molecule has 2 amide bonds. The summed E-state index contributed by atoms with van der Waals surface area (Å²) in [5, 5.41) is 14.6. The summed E-state index contributed by atoms with van der Waals surface area (Å²) in [6.07, 6.45) is 6.58. The molecule has 0 saturated carbocycles. The van der Waals surface area contributed by atoms with Crippen LogP contribution in [0.15, 0.2) is 43.0 Å². The van der Waals surface area contributed by atoms with E-state index in [1.54, 1.807) is 24.2 Å². The van der Waals surface area contributed by atoms with E-state index in [0.717, 1.165) is 0 Å². The van der Waals surface area contributed by atoms with E-state index < -0.39 is 18.6 Å². The molecule has 2 N–H and O–H groups in total. The van der Waals surface area contributed by atoms with Crippen molar-refractivity contribution in [3.63, 3.8) is 0 Å². The lowest BCUT2D eigenvalue weighted by molar-refractivity contribution is -0.129. The number of hydrogen-bond donors (Lipinski definition) is 2. The lowest BCUT2D eigenvalue weighted by atomic mass is 10.1. The van der Waals surface area contributed by atoms with Gasteiger partial charge in [0.2, 0.25) is 5.91 Å². The molecule has 2 aliphatic heterocycles. The number of carbonyl (C=O) groups excluding carboxylic acids is 2. The van der Waals surface area contributed by atoms with Crippen LogP contribution in [0.5, 0.6) is 11.5 Å². The van der Waals surface area contributed by atoms with E-state index in [2.05, 4.69) is 25.8 Å². The van der Waals surface area contributed by atoms with Crippen molar-refractivity contribution in [2.45, 2.75) is 19.1 Å². The quantitative estimate of drug-likeness (QED) is 0.394. The molecular formula is C24H22F2N8O4. The average molecular weight is 524 g/mol. The molecule has 3 aromatic heterocycles. The van der Waals surface area contributed by atoms with Crippen molar-refractivity contribution in [2.75, 3.05) is 37.4 Å². The second kappa shape index (κ2) is 9.28. The van der Waals surface area contributed by atoms with E-state index in [4.69, 9.17) is 9.47 Å². The highest BCUT2D eigenvalue weighted by Gasteiger charge is 2.33. The topological polar surface area (TPSA) is 128 Å². The minimum Gasteiger partial charge on any atom is -0.490 e. The van der Waals surface area contributed by atoms with Crippen molar-refractivity contribution in [3.8, 4) is 22.8 Å². The monoisotopic (exact) mass is 524 g/mol. The maximum atomic E-state index is 13.4. The van der Waals surface area contributed by atoms with Crippen LogP contribution in [0.4, 0.5) is 20.2 Å². The van der Waals surface area contributed by atoms with Gasteiger partial charge in [-0.3, -0.25) is 14.3 Å². The maximum absolute atomic E-state index is 13.4. The van der Waals surface area contributed by atoms with Crippen LogP contribution >= 0.6 is 0 Å². The number of hydrogen-bond acceptors (Lipinski definition) is 8. The molecule has 6 rings (SSSR count). The van der Waals surface area contributed by atoms with Crippen LogP contribution in [0.2, 0.25) is 0 Å². The van der Waals surface area contributed by atoms with E-state index in [9.17, 15) is 18.4 Å². The lowest BCUT2D eigenvalue weighted by Gasteiger charge is -2.21. The van der Waals surface area contributed by atoms with Crippen LogP contribution in [0, 0.1) is 0 Å². The number of likely N-dealkylation sites (N-methyl/N-ethyl adjacent to an activating group) is 1. The summed E-state index contributed by atoms with van der Waals surface area (Å²) in [6, 6.07) is 4.00. The number of anilines is 2. The SMILES string of the molecule is CN1CCC(n2cc(NC(=O)c3cnn4cccnc34)c(-c3cc4c(cc3OC(F)F)NCCO4)n2)C1=O. The third kappa shape index (κ3) is 4.13. The second-order valence-electron chi connectivity index (χ2n) is 8.83. The van der Waals surface area contributed by atoms with Crippen LogP contribution in [-0.4, -0.2) is 74.4 Å². The van der Waals surface area contributed by atoms with Crippen molar-refractivity contribution >= 4 is 28.8 Å². The molecule has 38 heavy (non-hydrogen) atoms. The molecule has 14 heteroatoms. The molecule has 1 fully saturated rings. The number of benzene rings is 1. The van der Waals surface area contributed by atoms with Gasteiger partial charge in [-0.15, -0.1) is 0 Å². The summed E-state index contributed by atoms with van der Waals surface area (Å²) in [5.41, 5.74) is 1.52. The van der Waals surface area contributed by atoms with Crippen LogP contribution < -0.4 is 20.1 Å². The van der Waals surface area contributed by atoms with Gasteiger partial charge in [-0.2, -0.15) is 19.0 Å². The number of halogens is 2. The van der Waals surface area contributed by atoms with Crippen molar-refractivity contribution in [3.05, 3.63) is 48.5 Å².